The molecule has 2 heterocycles. The van der Waals surface area contributed by atoms with Crippen molar-refractivity contribution in [2.75, 3.05) is 26.2 Å². The van der Waals surface area contributed by atoms with E-state index in [0.29, 0.717) is 13.1 Å². The first kappa shape index (κ1) is 15.1. The van der Waals surface area contributed by atoms with Gasteiger partial charge in [-0.05, 0) is 37.5 Å². The second-order valence-corrected chi connectivity index (χ2v) is 6.17. The minimum absolute atomic E-state index is 0.120. The van der Waals surface area contributed by atoms with E-state index in [1.54, 1.807) is 0 Å². The summed E-state index contributed by atoms with van der Waals surface area (Å²) >= 11 is 0. The number of hydrogen-bond acceptors (Lipinski definition) is 2. The van der Waals surface area contributed by atoms with Crippen LogP contribution >= 0.6 is 0 Å². The summed E-state index contributed by atoms with van der Waals surface area (Å²) in [5.74, 6) is 0.128. The third-order valence-corrected chi connectivity index (χ3v) is 4.72. The molecular weight excluding hydrogens is 256 g/mol. The summed E-state index contributed by atoms with van der Waals surface area (Å²) in [5.41, 5.74) is 0. The normalized spacial score (nSPS) is 27.4. The van der Waals surface area contributed by atoms with Crippen LogP contribution in [0.5, 0.6) is 0 Å². The van der Waals surface area contributed by atoms with Crippen molar-refractivity contribution in [1.82, 2.24) is 9.80 Å². The zero-order valence-corrected chi connectivity index (χ0v) is 12.4. The van der Waals surface area contributed by atoms with E-state index in [-0.39, 0.29) is 18.4 Å². The maximum Gasteiger partial charge on any atom is 0.320 e. The number of carbonyl (C=O) groups excluding carboxylic acids is 1. The van der Waals surface area contributed by atoms with Crippen molar-refractivity contribution in [3.63, 3.8) is 0 Å². The summed E-state index contributed by atoms with van der Waals surface area (Å²) in [6.07, 6.45) is 5.63. The van der Waals surface area contributed by atoms with Crippen LogP contribution in [0.1, 0.15) is 45.4 Å². The van der Waals surface area contributed by atoms with Crippen LogP contribution in [0.25, 0.3) is 0 Å². The molecule has 2 atom stereocenters. The minimum Gasteiger partial charge on any atom is -0.481 e. The SMILES string of the molecule is CCC1CCCN(C(=O)N2CCC(CC(=O)O)C2)CC1. The second kappa shape index (κ2) is 6.95. The first-order valence-electron chi connectivity index (χ1n) is 7.85. The van der Waals surface area contributed by atoms with Gasteiger partial charge in [0.1, 0.15) is 0 Å². The van der Waals surface area contributed by atoms with E-state index in [2.05, 4.69) is 6.92 Å². The molecule has 0 aliphatic carbocycles. The molecule has 1 N–H and O–H groups in total. The van der Waals surface area contributed by atoms with Gasteiger partial charge in [-0.3, -0.25) is 4.79 Å². The Hall–Kier alpha value is -1.26. The highest BCUT2D eigenvalue weighted by atomic mass is 16.4. The Morgan fingerprint density at radius 2 is 1.75 bits per heavy atom. The lowest BCUT2D eigenvalue weighted by Gasteiger charge is -2.27. The van der Waals surface area contributed by atoms with E-state index in [1.807, 2.05) is 9.80 Å². The Kier molecular flexibility index (Phi) is 5.26. The van der Waals surface area contributed by atoms with Crippen LogP contribution in [0.15, 0.2) is 0 Å². The zero-order chi connectivity index (χ0) is 14.5. The Morgan fingerprint density at radius 1 is 1.05 bits per heavy atom. The molecule has 2 saturated heterocycles. The molecule has 0 bridgehead atoms. The average Bonchev–Trinajstić information content (AvgIpc) is 2.74. The number of nitrogens with zero attached hydrogens (tertiary/aromatic N) is 2. The van der Waals surface area contributed by atoms with Crippen LogP contribution in [0.2, 0.25) is 0 Å². The fraction of sp³-hybridized carbons (Fsp3) is 0.867. The molecular formula is C15H26N2O3. The third-order valence-electron chi connectivity index (χ3n) is 4.72. The van der Waals surface area contributed by atoms with Crippen molar-refractivity contribution in [1.29, 1.82) is 0 Å². The van der Waals surface area contributed by atoms with Crippen molar-refractivity contribution in [3.05, 3.63) is 0 Å². The van der Waals surface area contributed by atoms with E-state index in [4.69, 9.17) is 5.11 Å². The van der Waals surface area contributed by atoms with E-state index in [0.717, 1.165) is 38.3 Å². The zero-order valence-electron chi connectivity index (χ0n) is 12.4. The van der Waals surface area contributed by atoms with E-state index in [9.17, 15) is 9.59 Å². The van der Waals surface area contributed by atoms with Crippen LogP contribution in [0, 0.1) is 11.8 Å². The largest absolute Gasteiger partial charge is 0.481 e. The van der Waals surface area contributed by atoms with Gasteiger partial charge in [0.05, 0.1) is 0 Å². The number of likely N-dealkylation sites (tertiary alicyclic amines) is 2. The number of carbonyl (C=O) groups is 2. The molecule has 2 rings (SSSR count). The molecule has 0 spiro atoms. The number of amides is 2. The quantitative estimate of drug-likeness (QED) is 0.864. The van der Waals surface area contributed by atoms with Crippen molar-refractivity contribution in [2.24, 2.45) is 11.8 Å². The molecule has 0 aromatic heterocycles. The van der Waals surface area contributed by atoms with Gasteiger partial charge in [-0.25, -0.2) is 4.79 Å². The third kappa shape index (κ3) is 3.87. The van der Waals surface area contributed by atoms with Crippen LogP contribution in [-0.2, 0) is 4.79 Å². The maximum atomic E-state index is 12.5. The second-order valence-electron chi connectivity index (χ2n) is 6.17. The monoisotopic (exact) mass is 282 g/mol. The number of carboxylic acid groups (broad SMARTS) is 1. The summed E-state index contributed by atoms with van der Waals surface area (Å²) in [6, 6.07) is 0.120. The Morgan fingerprint density at radius 3 is 2.45 bits per heavy atom. The van der Waals surface area contributed by atoms with Gasteiger partial charge in [-0.15, -0.1) is 0 Å². The first-order valence-corrected chi connectivity index (χ1v) is 7.85. The Labute approximate surface area is 120 Å². The van der Waals surface area contributed by atoms with Crippen molar-refractivity contribution in [2.45, 2.75) is 45.4 Å². The predicted molar refractivity (Wildman–Crippen MR) is 76.5 cm³/mol. The van der Waals surface area contributed by atoms with Crippen molar-refractivity contribution in [3.8, 4) is 0 Å². The lowest BCUT2D eigenvalue weighted by Crippen LogP contribution is -2.42. The fourth-order valence-corrected chi connectivity index (χ4v) is 3.38. The molecule has 2 aliphatic rings. The molecule has 2 aliphatic heterocycles. The number of rotatable bonds is 3. The van der Waals surface area contributed by atoms with Gasteiger partial charge in [-0.2, -0.15) is 0 Å². The molecule has 2 fully saturated rings. The van der Waals surface area contributed by atoms with Crippen LogP contribution < -0.4 is 0 Å². The molecule has 114 valence electrons. The van der Waals surface area contributed by atoms with Crippen LogP contribution in [0.4, 0.5) is 4.79 Å². The minimum atomic E-state index is -0.759. The molecule has 0 saturated carbocycles. The van der Waals surface area contributed by atoms with Crippen molar-refractivity contribution < 1.29 is 14.7 Å². The summed E-state index contributed by atoms with van der Waals surface area (Å²) in [5, 5.41) is 8.83. The molecule has 0 radical (unpaired) electrons. The van der Waals surface area contributed by atoms with Gasteiger partial charge >= 0.3 is 12.0 Å². The van der Waals surface area contributed by atoms with Crippen LogP contribution in [-0.4, -0.2) is 53.1 Å². The van der Waals surface area contributed by atoms with E-state index < -0.39 is 5.97 Å². The van der Waals surface area contributed by atoms with Gasteiger partial charge in [-0.1, -0.05) is 13.3 Å². The molecule has 5 heteroatoms. The average molecular weight is 282 g/mol. The van der Waals surface area contributed by atoms with Gasteiger partial charge in [0.15, 0.2) is 0 Å². The predicted octanol–water partition coefficient (Wildman–Crippen LogP) is 2.42. The Balaban J connectivity index is 1.84. The highest BCUT2D eigenvalue weighted by molar-refractivity contribution is 5.75. The van der Waals surface area contributed by atoms with Crippen LogP contribution in [0.3, 0.4) is 0 Å². The van der Waals surface area contributed by atoms with Gasteiger partial charge in [0.25, 0.3) is 0 Å². The lowest BCUT2D eigenvalue weighted by molar-refractivity contribution is -0.138. The van der Waals surface area contributed by atoms with E-state index >= 15 is 0 Å². The molecule has 2 unspecified atom stereocenters. The highest BCUT2D eigenvalue weighted by Crippen LogP contribution is 2.24. The summed E-state index contributed by atoms with van der Waals surface area (Å²) in [7, 11) is 0. The number of urea groups is 1. The molecule has 0 aromatic rings. The fourth-order valence-electron chi connectivity index (χ4n) is 3.38. The van der Waals surface area contributed by atoms with Gasteiger partial charge in [0, 0.05) is 32.6 Å². The van der Waals surface area contributed by atoms with Crippen molar-refractivity contribution >= 4 is 12.0 Å². The first-order chi connectivity index (χ1) is 9.60. The Bertz CT molecular complexity index is 359. The van der Waals surface area contributed by atoms with Gasteiger partial charge in [0.2, 0.25) is 0 Å². The molecule has 2 amide bonds. The summed E-state index contributed by atoms with van der Waals surface area (Å²) in [4.78, 5) is 27.0. The molecule has 20 heavy (non-hydrogen) atoms. The standard InChI is InChI=1S/C15H26N2O3/c1-2-12-4-3-7-16(8-5-12)15(20)17-9-6-13(11-17)10-14(18)19/h12-13H,2-11H2,1H3,(H,18,19). The number of hydrogen-bond donors (Lipinski definition) is 1. The highest BCUT2D eigenvalue weighted by Gasteiger charge is 2.31. The maximum absolute atomic E-state index is 12.5. The topological polar surface area (TPSA) is 60.9 Å². The molecule has 5 nitrogen and oxygen atoms in total. The number of aliphatic carboxylic acids is 1. The lowest BCUT2D eigenvalue weighted by atomic mass is 9.98. The molecule has 0 aromatic carbocycles. The number of carboxylic acids is 1. The summed E-state index contributed by atoms with van der Waals surface area (Å²) < 4.78 is 0. The summed E-state index contributed by atoms with van der Waals surface area (Å²) in [6.45, 7) is 5.26. The van der Waals surface area contributed by atoms with Gasteiger partial charge < -0.3 is 14.9 Å². The van der Waals surface area contributed by atoms with E-state index in [1.165, 1.54) is 12.8 Å². The smallest absolute Gasteiger partial charge is 0.320 e.